The van der Waals surface area contributed by atoms with Gasteiger partial charge in [0.05, 0.1) is 42.1 Å². The molecule has 1 aromatic carbocycles. The lowest BCUT2D eigenvalue weighted by Gasteiger charge is -2.02. The zero-order chi connectivity index (χ0) is 14.0. The van der Waals surface area contributed by atoms with Gasteiger partial charge in [-0.15, -0.1) is 0 Å². The molecular formula is C11H9IN2O4S. The van der Waals surface area contributed by atoms with Crippen LogP contribution in [0.1, 0.15) is 15.9 Å². The summed E-state index contributed by atoms with van der Waals surface area (Å²) in [6.45, 7) is 0.302. The van der Waals surface area contributed by atoms with E-state index < -0.39 is 5.97 Å². The second-order valence-corrected chi connectivity index (χ2v) is 5.58. The number of aromatic nitrogens is 2. The van der Waals surface area contributed by atoms with Gasteiger partial charge in [0.2, 0.25) is 0 Å². The molecule has 0 bridgehead atoms. The fourth-order valence-electron chi connectivity index (χ4n) is 1.47. The van der Waals surface area contributed by atoms with E-state index in [4.69, 9.17) is 0 Å². The van der Waals surface area contributed by atoms with Crippen LogP contribution < -0.4 is 10.6 Å². The molecule has 0 atom stereocenters. The van der Waals surface area contributed by atoms with E-state index in [1.54, 1.807) is 47.1 Å². The Morgan fingerprint density at radius 2 is 1.95 bits per heavy atom. The average molecular weight is 392 g/mol. The number of hydrogen-bond acceptors (Lipinski definition) is 5. The predicted octanol–water partition coefficient (Wildman–Crippen LogP) is 1.10. The van der Waals surface area contributed by atoms with Crippen LogP contribution >= 0.6 is 34.4 Å². The van der Waals surface area contributed by atoms with Crippen molar-refractivity contribution in [1.82, 2.24) is 6.74 Å². The largest absolute Gasteiger partial charge is 0.465 e. The number of hydrogen-bond donors (Lipinski definition) is 0. The molecule has 0 fully saturated rings. The fraction of sp³-hybridized carbons (Fsp3) is 0.182. The lowest BCUT2D eigenvalue weighted by Crippen LogP contribution is -2.22. The first-order valence-corrected chi connectivity index (χ1v) is 6.93. The minimum Gasteiger partial charge on any atom is -0.465 e. The van der Waals surface area contributed by atoms with Crippen molar-refractivity contribution < 1.29 is 9.53 Å². The molecule has 0 radical (unpaired) electrons. The number of carbonyl (C=O) groups is 1. The summed E-state index contributed by atoms with van der Waals surface area (Å²) in [4.78, 5) is 34.0. The minimum atomic E-state index is -0.410. The number of halogens is 1. The van der Waals surface area contributed by atoms with E-state index in [0.29, 0.717) is 12.1 Å². The first-order chi connectivity index (χ1) is 9.02. The van der Waals surface area contributed by atoms with Crippen LogP contribution in [0.25, 0.3) is 0 Å². The molecule has 0 N–H and O–H groups in total. The molecule has 0 unspecified atom stereocenters. The van der Waals surface area contributed by atoms with Gasteiger partial charge in [0, 0.05) is 11.5 Å². The van der Waals surface area contributed by atoms with Crippen molar-refractivity contribution in [2.45, 2.75) is 6.54 Å². The van der Waals surface area contributed by atoms with Crippen molar-refractivity contribution in [2.75, 3.05) is 7.11 Å². The van der Waals surface area contributed by atoms with Gasteiger partial charge in [-0.3, -0.25) is 4.79 Å². The second kappa shape index (κ2) is 5.70. The maximum Gasteiger partial charge on any atom is 0.350 e. The van der Waals surface area contributed by atoms with Crippen LogP contribution in [0.5, 0.6) is 0 Å². The summed E-state index contributed by atoms with van der Waals surface area (Å²) in [5.74, 6) is -0.410. The smallest absolute Gasteiger partial charge is 0.350 e. The van der Waals surface area contributed by atoms with Gasteiger partial charge in [0.1, 0.15) is 0 Å². The Hall–Kier alpha value is -1.42. The van der Waals surface area contributed by atoms with E-state index in [2.05, 4.69) is 4.74 Å². The number of nitrogens with zero attached hydrogens (tertiary/aromatic N) is 2. The summed E-state index contributed by atoms with van der Waals surface area (Å²) < 4.78 is 6.99. The molecule has 0 aliphatic rings. The molecule has 0 spiro atoms. The molecule has 2 aromatic rings. The van der Waals surface area contributed by atoms with Crippen molar-refractivity contribution in [2.24, 2.45) is 0 Å². The Kier molecular flexibility index (Phi) is 4.20. The summed E-state index contributed by atoms with van der Waals surface area (Å²) in [6.07, 6.45) is 0. The third kappa shape index (κ3) is 2.95. The molecule has 19 heavy (non-hydrogen) atoms. The number of esters is 1. The van der Waals surface area contributed by atoms with Crippen molar-refractivity contribution in [3.8, 4) is 0 Å². The van der Waals surface area contributed by atoms with E-state index in [1.165, 1.54) is 11.1 Å². The molecule has 100 valence electrons. The summed E-state index contributed by atoms with van der Waals surface area (Å²) >= 11 is 2.53. The van der Waals surface area contributed by atoms with Gasteiger partial charge in [0.15, 0.2) is 0 Å². The van der Waals surface area contributed by atoms with Gasteiger partial charge in [-0.05, 0) is 17.7 Å². The number of rotatable bonds is 3. The van der Waals surface area contributed by atoms with Crippen LogP contribution in [-0.4, -0.2) is 19.8 Å². The van der Waals surface area contributed by atoms with E-state index in [1.807, 2.05) is 0 Å². The highest BCUT2D eigenvalue weighted by Crippen LogP contribution is 2.07. The highest BCUT2D eigenvalue weighted by molar-refractivity contribution is 14.1. The lowest BCUT2D eigenvalue weighted by atomic mass is 10.1. The highest BCUT2D eigenvalue weighted by atomic mass is 127. The SMILES string of the molecule is COC(=O)c1ccc(Cn2sc(=O)n(I)c2=O)cc1. The van der Waals surface area contributed by atoms with Crippen LogP contribution in [0.4, 0.5) is 0 Å². The minimum absolute atomic E-state index is 0.302. The lowest BCUT2D eigenvalue weighted by molar-refractivity contribution is 0.0600. The highest BCUT2D eigenvalue weighted by Gasteiger charge is 2.09. The van der Waals surface area contributed by atoms with Crippen molar-refractivity contribution in [3.63, 3.8) is 0 Å². The summed E-state index contributed by atoms with van der Waals surface area (Å²) in [5, 5.41) is 0. The molecule has 0 saturated heterocycles. The standard InChI is InChI=1S/C11H9IN2O4S/c1-18-9(15)8-4-2-7(3-5-8)6-13-10(16)14(12)11(17)19-13/h2-5H,6H2,1H3. The Morgan fingerprint density at radius 1 is 1.32 bits per heavy atom. The maximum absolute atomic E-state index is 11.7. The summed E-state index contributed by atoms with van der Waals surface area (Å²) in [7, 11) is 1.32. The van der Waals surface area contributed by atoms with Crippen molar-refractivity contribution in [3.05, 3.63) is 55.5 Å². The topological polar surface area (TPSA) is 70.3 Å². The first-order valence-electron chi connectivity index (χ1n) is 5.19. The summed E-state index contributed by atoms with van der Waals surface area (Å²) in [5.41, 5.74) is 0.916. The van der Waals surface area contributed by atoms with E-state index in [9.17, 15) is 14.4 Å². The zero-order valence-corrected chi connectivity index (χ0v) is 12.8. The maximum atomic E-state index is 11.7. The van der Waals surface area contributed by atoms with Gasteiger partial charge in [-0.25, -0.2) is 13.5 Å². The predicted molar refractivity (Wildman–Crippen MR) is 79.1 cm³/mol. The number of methoxy groups -OCH3 is 1. The molecule has 0 saturated carbocycles. The van der Waals surface area contributed by atoms with Crippen LogP contribution in [0.3, 0.4) is 0 Å². The Labute approximate surface area is 125 Å². The first kappa shape index (κ1) is 14.0. The molecule has 6 nitrogen and oxygen atoms in total. The Balaban J connectivity index is 2.24. The van der Waals surface area contributed by atoms with Gasteiger partial charge < -0.3 is 4.74 Å². The molecular weight excluding hydrogens is 383 g/mol. The van der Waals surface area contributed by atoms with Crippen LogP contribution in [-0.2, 0) is 11.3 Å². The number of carbonyl (C=O) groups excluding carboxylic acids is 1. The number of ether oxygens (including phenoxy) is 1. The van der Waals surface area contributed by atoms with Gasteiger partial charge in [-0.1, -0.05) is 12.1 Å². The average Bonchev–Trinajstić information content (AvgIpc) is 2.66. The Morgan fingerprint density at radius 3 is 2.42 bits per heavy atom. The third-order valence-electron chi connectivity index (χ3n) is 2.43. The van der Waals surface area contributed by atoms with Crippen LogP contribution in [0, 0.1) is 0 Å². The summed E-state index contributed by atoms with van der Waals surface area (Å²) in [6, 6.07) is 6.69. The molecule has 0 aliphatic carbocycles. The van der Waals surface area contributed by atoms with E-state index >= 15 is 0 Å². The monoisotopic (exact) mass is 392 g/mol. The fourth-order valence-corrected chi connectivity index (χ4v) is 2.86. The Bertz CT molecular complexity index is 714. The molecule has 1 aromatic heterocycles. The molecule has 0 aliphatic heterocycles. The van der Waals surface area contributed by atoms with E-state index in [-0.39, 0.29) is 10.6 Å². The van der Waals surface area contributed by atoms with Gasteiger partial charge >= 0.3 is 16.5 Å². The van der Waals surface area contributed by atoms with Crippen LogP contribution in [0.2, 0.25) is 0 Å². The van der Waals surface area contributed by atoms with Crippen LogP contribution in [0.15, 0.2) is 33.9 Å². The van der Waals surface area contributed by atoms with Gasteiger partial charge in [-0.2, -0.15) is 2.78 Å². The van der Waals surface area contributed by atoms with Crippen molar-refractivity contribution in [1.29, 1.82) is 0 Å². The van der Waals surface area contributed by atoms with Gasteiger partial charge in [0.25, 0.3) is 0 Å². The third-order valence-corrected chi connectivity index (χ3v) is 4.45. The zero-order valence-electron chi connectivity index (χ0n) is 9.83. The molecule has 2 rings (SSSR count). The molecule has 1 heterocycles. The second-order valence-electron chi connectivity index (χ2n) is 3.65. The quantitative estimate of drug-likeness (QED) is 0.580. The van der Waals surface area contributed by atoms with E-state index in [0.717, 1.165) is 19.9 Å². The molecule has 8 heteroatoms. The normalized spacial score (nSPS) is 10.4. The molecule has 0 amide bonds. The number of benzene rings is 1. The van der Waals surface area contributed by atoms with Crippen molar-refractivity contribution >= 4 is 40.4 Å².